The van der Waals surface area contributed by atoms with Gasteiger partial charge in [0, 0.05) is 5.41 Å². The number of carboxylic acid groups (broad SMARTS) is 1. The molecule has 0 saturated heterocycles. The van der Waals surface area contributed by atoms with Crippen molar-refractivity contribution in [2.45, 2.75) is 6.04 Å². The Balaban J connectivity index is 0.000000578. The molecule has 4 heteroatoms. The Kier molecular flexibility index (Phi) is 0.926. The first-order valence-electron chi connectivity index (χ1n) is 5.20. The summed E-state index contributed by atoms with van der Waals surface area (Å²) in [6.07, 6.45) is 0. The summed E-state index contributed by atoms with van der Waals surface area (Å²) in [5.74, 6) is 5.34. The van der Waals surface area contributed by atoms with Gasteiger partial charge in [-0.1, -0.05) is 0 Å². The van der Waals surface area contributed by atoms with Crippen LogP contribution in [-0.4, -0.2) is 17.1 Å². The molecular weight excluding hydrogens is 202 g/mol. The van der Waals surface area contributed by atoms with E-state index in [0.717, 1.165) is 41.4 Å². The Morgan fingerprint density at radius 3 is 1.93 bits per heavy atom. The molecule has 0 radical (unpaired) electrons. The Morgan fingerprint density at radius 2 is 1.57 bits per heavy atom. The second-order valence-corrected chi connectivity index (χ2v) is 5.70. The molecule has 0 amide bonds. The van der Waals surface area contributed by atoms with Gasteiger partial charge in [0.2, 0.25) is 0 Å². The molecule has 0 aliphatic heterocycles. The molecule has 0 aromatic heterocycles. The third-order valence-corrected chi connectivity index (χ3v) is 6.36. The maximum atomic E-state index is 10.9. The number of hydrogen-bond acceptors (Lipinski definition) is 2. The highest BCUT2D eigenvalue weighted by atomic mass is 35.5. The van der Waals surface area contributed by atoms with Crippen LogP contribution in [0.4, 0.5) is 0 Å². The highest BCUT2D eigenvalue weighted by molar-refractivity contribution is 5.85. The normalized spacial score (nSPS) is 73.4. The summed E-state index contributed by atoms with van der Waals surface area (Å²) in [6, 6.07) is -0.544. The molecule has 0 aromatic carbocycles. The maximum Gasteiger partial charge on any atom is 0.321 e. The lowest BCUT2D eigenvalue weighted by molar-refractivity contribution is -0.616. The van der Waals surface area contributed by atoms with Crippen LogP contribution in [0.15, 0.2) is 0 Å². The molecule has 3 nitrogen and oxygen atoms in total. The Morgan fingerprint density at radius 1 is 1.14 bits per heavy atom. The van der Waals surface area contributed by atoms with E-state index in [0.29, 0.717) is 0 Å². The lowest BCUT2D eigenvalue weighted by Gasteiger charge is -3.08. The van der Waals surface area contributed by atoms with Gasteiger partial charge in [0.15, 0.2) is 0 Å². The lowest BCUT2D eigenvalue weighted by atomic mass is 8.96. The van der Waals surface area contributed by atoms with Gasteiger partial charge in [0.25, 0.3) is 0 Å². The van der Waals surface area contributed by atoms with E-state index in [4.69, 9.17) is 10.8 Å². The van der Waals surface area contributed by atoms with E-state index in [9.17, 15) is 4.79 Å². The second kappa shape index (κ2) is 1.63. The quantitative estimate of drug-likeness (QED) is 0.688. The van der Waals surface area contributed by atoms with Crippen molar-refractivity contribution < 1.29 is 9.90 Å². The van der Waals surface area contributed by atoms with Crippen LogP contribution in [0.1, 0.15) is 0 Å². The molecule has 6 saturated carbocycles. The fourth-order valence-corrected chi connectivity index (χ4v) is 6.36. The van der Waals surface area contributed by atoms with Gasteiger partial charge in [-0.3, -0.25) is 4.79 Å². The summed E-state index contributed by atoms with van der Waals surface area (Å²) in [4.78, 5) is 10.9. The van der Waals surface area contributed by atoms with Gasteiger partial charge in [-0.2, -0.15) is 0 Å². The monoisotopic (exact) mass is 213 g/mol. The predicted molar refractivity (Wildman–Crippen MR) is 49.7 cm³/mol. The van der Waals surface area contributed by atoms with Crippen LogP contribution >= 0.6 is 12.4 Å². The Hall–Kier alpha value is -0.280. The summed E-state index contributed by atoms with van der Waals surface area (Å²) >= 11 is 0. The highest BCUT2D eigenvalue weighted by Gasteiger charge is 3.05. The van der Waals surface area contributed by atoms with Crippen molar-refractivity contribution >= 4 is 18.4 Å². The molecule has 3 N–H and O–H groups in total. The van der Waals surface area contributed by atoms with Crippen molar-refractivity contribution in [3.8, 4) is 0 Å². The molecule has 0 heterocycles. The number of hydrogen-bond donors (Lipinski definition) is 2. The Labute approximate surface area is 87.4 Å². The minimum absolute atomic E-state index is 0. The summed E-state index contributed by atoms with van der Waals surface area (Å²) in [5, 5.41) is 8.96. The molecule has 6 aliphatic carbocycles. The van der Waals surface area contributed by atoms with Crippen LogP contribution in [-0.2, 0) is 4.79 Å². The maximum absolute atomic E-state index is 10.9. The first-order chi connectivity index (χ1) is 6.22. The second-order valence-electron chi connectivity index (χ2n) is 5.70. The van der Waals surface area contributed by atoms with Crippen molar-refractivity contribution in [3.05, 3.63) is 0 Å². The Bertz CT molecular complexity index is 332. The highest BCUT2D eigenvalue weighted by Crippen LogP contribution is 3.06. The zero-order chi connectivity index (χ0) is 8.70. The molecule has 0 bridgehead atoms. The van der Waals surface area contributed by atoms with Gasteiger partial charge in [0.05, 0.1) is 0 Å². The average molecular weight is 214 g/mol. The number of aliphatic carboxylic acids is 1. The molecule has 1 atom stereocenters. The number of nitrogens with two attached hydrogens (primary N) is 1. The van der Waals surface area contributed by atoms with Crippen LogP contribution in [0.2, 0.25) is 0 Å². The average Bonchev–Trinajstić information content (AvgIpc) is 2.17. The molecule has 6 aliphatic rings. The van der Waals surface area contributed by atoms with Crippen molar-refractivity contribution in [1.29, 1.82) is 0 Å². The van der Waals surface area contributed by atoms with Crippen LogP contribution in [0.25, 0.3) is 0 Å². The third-order valence-electron chi connectivity index (χ3n) is 6.36. The first kappa shape index (κ1) is 7.94. The number of carbonyl (C=O) groups is 1. The van der Waals surface area contributed by atoms with Gasteiger partial charge in [0.1, 0.15) is 6.04 Å². The minimum Gasteiger partial charge on any atom is -0.480 e. The first-order valence-corrected chi connectivity index (χ1v) is 5.20. The van der Waals surface area contributed by atoms with Crippen molar-refractivity contribution in [2.75, 3.05) is 0 Å². The summed E-state index contributed by atoms with van der Waals surface area (Å²) < 4.78 is 0. The lowest BCUT2D eigenvalue weighted by Crippen LogP contribution is -3.07. The molecule has 0 spiro atoms. The van der Waals surface area contributed by atoms with Crippen molar-refractivity contribution in [3.63, 3.8) is 0 Å². The molecule has 6 rings (SSSR count). The van der Waals surface area contributed by atoms with Crippen LogP contribution in [0.5, 0.6) is 0 Å². The fraction of sp³-hybridized carbons (Fsp3) is 0.900. The van der Waals surface area contributed by atoms with E-state index in [1.165, 1.54) is 0 Å². The zero-order valence-corrected chi connectivity index (χ0v) is 8.28. The SMILES string of the molecule is Cl.NC(C(=O)O)C12C3C4C5C3C1C5C42. The smallest absolute Gasteiger partial charge is 0.321 e. The van der Waals surface area contributed by atoms with E-state index in [-0.39, 0.29) is 17.8 Å². The van der Waals surface area contributed by atoms with E-state index in [1.807, 2.05) is 0 Å². The standard InChI is InChI=1S/C10H11NO2.ClH/c11-8(9(12)13)10-5-2-1-3(5)7(10)4(1)6(2)10;/h1-8H,11H2,(H,12,13);1H. The minimum atomic E-state index is -0.768. The fourth-order valence-electron chi connectivity index (χ4n) is 6.36. The van der Waals surface area contributed by atoms with Gasteiger partial charge in [-0.05, 0) is 41.4 Å². The van der Waals surface area contributed by atoms with E-state index < -0.39 is 12.0 Å². The van der Waals surface area contributed by atoms with Crippen molar-refractivity contribution in [2.24, 2.45) is 52.6 Å². The molecule has 76 valence electrons. The van der Waals surface area contributed by atoms with Gasteiger partial charge in [-0.25, -0.2) is 0 Å². The topological polar surface area (TPSA) is 63.3 Å². The summed E-state index contributed by atoms with van der Waals surface area (Å²) in [5.41, 5.74) is 5.94. The van der Waals surface area contributed by atoms with Crippen LogP contribution in [0.3, 0.4) is 0 Å². The van der Waals surface area contributed by atoms with Crippen LogP contribution < -0.4 is 5.73 Å². The molecule has 1 unspecified atom stereocenters. The number of rotatable bonds is 2. The summed E-state index contributed by atoms with van der Waals surface area (Å²) in [6.45, 7) is 0. The zero-order valence-electron chi connectivity index (χ0n) is 7.46. The molecular formula is C10H12ClNO2. The van der Waals surface area contributed by atoms with E-state index >= 15 is 0 Å². The molecule has 6 fully saturated rings. The largest absolute Gasteiger partial charge is 0.480 e. The molecule has 14 heavy (non-hydrogen) atoms. The predicted octanol–water partition coefficient (Wildman–Crippen LogP) is 0.188. The van der Waals surface area contributed by atoms with Gasteiger partial charge < -0.3 is 10.8 Å². The number of carboxylic acids is 1. The van der Waals surface area contributed by atoms with Crippen molar-refractivity contribution in [1.82, 2.24) is 0 Å². The number of halogens is 1. The summed E-state index contributed by atoms with van der Waals surface area (Å²) in [7, 11) is 0. The van der Waals surface area contributed by atoms with E-state index in [2.05, 4.69) is 0 Å². The van der Waals surface area contributed by atoms with Gasteiger partial charge in [-0.15, -0.1) is 12.4 Å². The molecule has 0 aromatic rings. The van der Waals surface area contributed by atoms with Gasteiger partial charge >= 0.3 is 5.97 Å². The third kappa shape index (κ3) is 0.332. The van der Waals surface area contributed by atoms with Crippen LogP contribution in [0, 0.1) is 46.8 Å². The van der Waals surface area contributed by atoms with E-state index in [1.54, 1.807) is 0 Å².